The molecule has 0 saturated carbocycles. The van der Waals surface area contributed by atoms with E-state index >= 15 is 0 Å². The Kier molecular flexibility index (Phi) is 5.14. The number of halogens is 1. The van der Waals surface area contributed by atoms with Crippen molar-refractivity contribution in [1.82, 2.24) is 4.90 Å². The summed E-state index contributed by atoms with van der Waals surface area (Å²) < 4.78 is 0. The first-order valence-electron chi connectivity index (χ1n) is 12.1. The molecule has 0 radical (unpaired) electrons. The van der Waals surface area contributed by atoms with Crippen LogP contribution in [0, 0.1) is 17.8 Å². The van der Waals surface area contributed by atoms with Crippen molar-refractivity contribution >= 4 is 17.8 Å². The van der Waals surface area contributed by atoms with E-state index in [9.17, 15) is 0 Å². The van der Waals surface area contributed by atoms with Crippen molar-refractivity contribution in [3.05, 3.63) is 81.7 Å². The van der Waals surface area contributed by atoms with Crippen LogP contribution in [0.2, 0.25) is 5.02 Å². The lowest BCUT2D eigenvalue weighted by Gasteiger charge is -2.37. The maximum atomic E-state index is 6.42. The van der Waals surface area contributed by atoms with E-state index in [-0.39, 0.29) is 0 Å². The summed E-state index contributed by atoms with van der Waals surface area (Å²) in [6, 6.07) is 8.87. The lowest BCUT2D eigenvalue weighted by Crippen LogP contribution is -2.34. The first-order chi connectivity index (χ1) is 15.3. The number of hydrogen-bond donors (Lipinski definition) is 0. The summed E-state index contributed by atoms with van der Waals surface area (Å²) in [5, 5.41) is 0.918. The van der Waals surface area contributed by atoms with Crippen LogP contribution in [-0.4, -0.2) is 23.7 Å². The molecule has 5 aliphatic rings. The van der Waals surface area contributed by atoms with E-state index in [4.69, 9.17) is 11.6 Å². The molecule has 0 bridgehead atoms. The average molecular weight is 431 g/mol. The molecule has 0 spiro atoms. The van der Waals surface area contributed by atoms with Crippen LogP contribution >= 0.6 is 11.6 Å². The fourth-order valence-corrected chi connectivity index (χ4v) is 6.99. The molecule has 1 aromatic carbocycles. The standard InChI is InChI=1S/C28H31ClN2/c29-25-10-3-1-6-20(25)9-5-8-19-12-15-23-24-18-30-17-16-27(24)31-26-11-4-2-7-21(26)13-14-22(19)28(23)31/h1-3,6-7,10,13,16-17,19,23-24,26H,4-5,8-9,11-12,14-15,18H2/t19?,23-,24-,26?/m1/s1. The van der Waals surface area contributed by atoms with Crippen molar-refractivity contribution in [2.45, 2.75) is 57.4 Å². The molecule has 1 fully saturated rings. The summed E-state index contributed by atoms with van der Waals surface area (Å²) in [6.45, 7) is 0.975. The van der Waals surface area contributed by atoms with Gasteiger partial charge in [0.15, 0.2) is 0 Å². The number of rotatable bonds is 4. The molecule has 6 rings (SSSR count). The minimum atomic E-state index is 0.532. The highest BCUT2D eigenvalue weighted by Crippen LogP contribution is 2.55. The quantitative estimate of drug-likeness (QED) is 0.507. The zero-order valence-electron chi connectivity index (χ0n) is 18.1. The monoisotopic (exact) mass is 430 g/mol. The van der Waals surface area contributed by atoms with E-state index in [1.165, 1.54) is 44.1 Å². The van der Waals surface area contributed by atoms with Crippen LogP contribution in [0.5, 0.6) is 0 Å². The molecule has 2 nitrogen and oxygen atoms in total. The number of nitrogens with zero attached hydrogens (tertiary/aromatic N) is 2. The van der Waals surface area contributed by atoms with Gasteiger partial charge in [-0.15, -0.1) is 0 Å². The van der Waals surface area contributed by atoms with Gasteiger partial charge in [-0.3, -0.25) is 4.99 Å². The Bertz CT molecular complexity index is 1030. The van der Waals surface area contributed by atoms with Gasteiger partial charge in [-0.1, -0.05) is 48.0 Å². The molecule has 2 aliphatic carbocycles. The van der Waals surface area contributed by atoms with Crippen molar-refractivity contribution in [1.29, 1.82) is 0 Å². The first kappa shape index (κ1) is 19.6. The Labute approximate surface area is 191 Å². The van der Waals surface area contributed by atoms with Gasteiger partial charge in [0.05, 0.1) is 6.04 Å². The van der Waals surface area contributed by atoms with Gasteiger partial charge in [-0.05, 0) is 86.1 Å². The molecule has 3 heterocycles. The molecule has 0 amide bonds. The Morgan fingerprint density at radius 3 is 2.97 bits per heavy atom. The van der Waals surface area contributed by atoms with E-state index in [0.717, 1.165) is 24.4 Å². The van der Waals surface area contributed by atoms with Gasteiger partial charge in [0.1, 0.15) is 0 Å². The molecule has 1 saturated heterocycles. The zero-order chi connectivity index (χ0) is 20.8. The van der Waals surface area contributed by atoms with Crippen molar-refractivity contribution in [2.75, 3.05) is 6.54 Å². The van der Waals surface area contributed by atoms with Gasteiger partial charge >= 0.3 is 0 Å². The van der Waals surface area contributed by atoms with E-state index in [0.29, 0.717) is 23.8 Å². The summed E-state index contributed by atoms with van der Waals surface area (Å²) in [5.74, 6) is 1.99. The second-order valence-corrected chi connectivity index (χ2v) is 10.2. The molecule has 0 N–H and O–H groups in total. The predicted molar refractivity (Wildman–Crippen MR) is 129 cm³/mol. The summed E-state index contributed by atoms with van der Waals surface area (Å²) in [6.07, 6.45) is 21.5. The van der Waals surface area contributed by atoms with Gasteiger partial charge in [0.2, 0.25) is 0 Å². The molecule has 3 heteroatoms. The van der Waals surface area contributed by atoms with Crippen LogP contribution in [0.25, 0.3) is 0 Å². The topological polar surface area (TPSA) is 15.6 Å². The molecule has 1 aromatic rings. The Hall–Kier alpha value is -2.06. The van der Waals surface area contributed by atoms with Crippen molar-refractivity contribution < 1.29 is 0 Å². The van der Waals surface area contributed by atoms with Crippen molar-refractivity contribution in [3.63, 3.8) is 0 Å². The second kappa shape index (κ2) is 8.13. The third-order valence-electron chi connectivity index (χ3n) is 8.18. The smallest absolute Gasteiger partial charge is 0.0585 e. The molecule has 0 aromatic heterocycles. The molecule has 160 valence electrons. The summed E-state index contributed by atoms with van der Waals surface area (Å²) in [4.78, 5) is 7.46. The third kappa shape index (κ3) is 3.35. The summed E-state index contributed by atoms with van der Waals surface area (Å²) >= 11 is 6.42. The fraction of sp³-hybridized carbons (Fsp3) is 0.464. The van der Waals surface area contributed by atoms with Crippen molar-refractivity contribution in [3.8, 4) is 0 Å². The largest absolute Gasteiger partial charge is 0.341 e. The van der Waals surface area contributed by atoms with Gasteiger partial charge in [-0.25, -0.2) is 0 Å². The van der Waals surface area contributed by atoms with E-state index < -0.39 is 0 Å². The van der Waals surface area contributed by atoms with Gasteiger partial charge in [0, 0.05) is 41.0 Å². The minimum absolute atomic E-state index is 0.532. The Balaban J connectivity index is 1.31. The fourth-order valence-electron chi connectivity index (χ4n) is 6.76. The number of aryl methyl sites for hydroxylation is 1. The Morgan fingerprint density at radius 1 is 1.10 bits per heavy atom. The number of aliphatic imine (C=N–C) groups is 1. The summed E-state index contributed by atoms with van der Waals surface area (Å²) in [5.41, 5.74) is 7.82. The summed E-state index contributed by atoms with van der Waals surface area (Å²) in [7, 11) is 0. The van der Waals surface area contributed by atoms with E-state index in [2.05, 4.69) is 52.5 Å². The van der Waals surface area contributed by atoms with Crippen LogP contribution in [-0.2, 0) is 6.42 Å². The van der Waals surface area contributed by atoms with Crippen LogP contribution in [0.1, 0.15) is 50.5 Å². The maximum Gasteiger partial charge on any atom is 0.0585 e. The van der Waals surface area contributed by atoms with Crippen LogP contribution < -0.4 is 0 Å². The SMILES string of the molecule is Clc1ccccc1CCCC1CC[C@H]2C3=C1CC=C1C=CCCC1N3C1=CC=NC[C@@H]12. The predicted octanol–water partition coefficient (Wildman–Crippen LogP) is 6.89. The molecular formula is C28H31ClN2. The van der Waals surface area contributed by atoms with Gasteiger partial charge in [0.25, 0.3) is 0 Å². The third-order valence-corrected chi connectivity index (χ3v) is 8.55. The first-order valence-corrected chi connectivity index (χ1v) is 12.5. The van der Waals surface area contributed by atoms with Crippen molar-refractivity contribution in [2.24, 2.45) is 22.7 Å². The second-order valence-electron chi connectivity index (χ2n) is 9.76. The van der Waals surface area contributed by atoms with Crippen LogP contribution in [0.15, 0.2) is 76.1 Å². The van der Waals surface area contributed by atoms with Gasteiger partial charge < -0.3 is 4.90 Å². The average Bonchev–Trinajstić information content (AvgIpc) is 3.03. The number of fused-ring (bicyclic) bond motifs is 5. The minimum Gasteiger partial charge on any atom is -0.341 e. The lowest BCUT2D eigenvalue weighted by atomic mass is 9.73. The number of hydrogen-bond acceptors (Lipinski definition) is 2. The molecule has 2 unspecified atom stereocenters. The molecular weight excluding hydrogens is 400 g/mol. The number of benzene rings is 1. The molecule has 4 atom stereocenters. The van der Waals surface area contributed by atoms with E-state index in [1.807, 2.05) is 12.1 Å². The Morgan fingerprint density at radius 2 is 2.03 bits per heavy atom. The maximum absolute atomic E-state index is 6.42. The highest BCUT2D eigenvalue weighted by atomic mass is 35.5. The number of allylic oxidation sites excluding steroid dienone is 5. The highest BCUT2D eigenvalue weighted by molar-refractivity contribution is 6.31. The van der Waals surface area contributed by atoms with E-state index in [1.54, 1.807) is 22.5 Å². The lowest BCUT2D eigenvalue weighted by molar-refractivity contribution is 0.312. The normalized spacial score (nSPS) is 30.9. The van der Waals surface area contributed by atoms with Crippen LogP contribution in [0.4, 0.5) is 0 Å². The van der Waals surface area contributed by atoms with Gasteiger partial charge in [-0.2, -0.15) is 0 Å². The molecule has 31 heavy (non-hydrogen) atoms. The van der Waals surface area contributed by atoms with Crippen LogP contribution in [0.3, 0.4) is 0 Å². The zero-order valence-corrected chi connectivity index (χ0v) is 18.9. The molecule has 3 aliphatic heterocycles. The number of dihydropyridines is 1. The highest BCUT2D eigenvalue weighted by Gasteiger charge is 2.49.